The predicted octanol–water partition coefficient (Wildman–Crippen LogP) is 9.00. The fourth-order valence-electron chi connectivity index (χ4n) is 4.01. The highest BCUT2D eigenvalue weighted by Gasteiger charge is 2.67. The van der Waals surface area contributed by atoms with Crippen molar-refractivity contribution < 1.29 is 40.7 Å². The fraction of sp³-hybridized carbons (Fsp3) is 0.160. The molecule has 3 aromatic rings. The van der Waals surface area contributed by atoms with Crippen LogP contribution in [0.3, 0.4) is 0 Å². The summed E-state index contributed by atoms with van der Waals surface area (Å²) in [6.07, 6.45) is -5.48. The van der Waals surface area contributed by atoms with Crippen LogP contribution >= 0.6 is 69.6 Å². The van der Waals surface area contributed by atoms with Gasteiger partial charge < -0.3 is 16.0 Å². The molecule has 18 heteroatoms. The number of carbonyl (C=O) groups is 3. The number of rotatable bonds is 6. The maximum atomic E-state index is 14.8. The Morgan fingerprint density at radius 1 is 0.791 bits per heavy atom. The third kappa shape index (κ3) is 6.74. The van der Waals surface area contributed by atoms with Crippen LogP contribution in [0.15, 0.2) is 36.4 Å². The molecule has 3 N–H and O–H groups in total. The van der Waals surface area contributed by atoms with Crippen molar-refractivity contribution in [2.24, 2.45) is 5.92 Å². The molecule has 1 fully saturated rings. The second-order valence-corrected chi connectivity index (χ2v) is 11.9. The van der Waals surface area contributed by atoms with Gasteiger partial charge in [0.15, 0.2) is 5.82 Å². The molecule has 0 aromatic heterocycles. The topological polar surface area (TPSA) is 87.3 Å². The Bertz CT molecular complexity index is 1660. The molecule has 0 aliphatic heterocycles. The van der Waals surface area contributed by atoms with Gasteiger partial charge in [0.25, 0.3) is 5.91 Å². The summed E-state index contributed by atoms with van der Waals surface area (Å²) in [6, 6.07) is 5.55. The first-order valence-corrected chi connectivity index (χ1v) is 13.6. The lowest BCUT2D eigenvalue weighted by molar-refractivity contribution is -0.167. The molecule has 1 aliphatic rings. The second kappa shape index (κ2) is 12.1. The number of anilines is 3. The maximum Gasteiger partial charge on any atom is 0.471 e. The highest BCUT2D eigenvalue weighted by atomic mass is 35.5. The highest BCUT2D eigenvalue weighted by Crippen LogP contribution is 2.65. The standard InChI is InChI=1S/C25H11Cl6F6N3O3/c26-10-3-7(4-11(27)18(10)29)15-16(24(15,30)31)22(42)38-8-5-9(17(28)13(33)6-8)21(41)39-14-2-1-12(32)20(19(14)34)40-23(43)25(35,36)37/h1-6,15-16H,(H,38,42)(H,39,41)(H,40,43)/t15-,16?/m0/s1. The van der Waals surface area contributed by atoms with Gasteiger partial charge in [0.2, 0.25) is 5.91 Å². The Kier molecular flexibility index (Phi) is 9.33. The molecular weight excluding hydrogens is 717 g/mol. The van der Waals surface area contributed by atoms with Gasteiger partial charge in [0, 0.05) is 11.6 Å². The third-order valence-corrected chi connectivity index (χ3v) is 8.60. The minimum atomic E-state index is -5.48. The van der Waals surface area contributed by atoms with Gasteiger partial charge in [-0.3, -0.25) is 14.4 Å². The van der Waals surface area contributed by atoms with E-state index in [1.807, 2.05) is 5.32 Å². The van der Waals surface area contributed by atoms with Crippen LogP contribution in [0.5, 0.6) is 0 Å². The summed E-state index contributed by atoms with van der Waals surface area (Å²) in [5.74, 6) is -11.3. The van der Waals surface area contributed by atoms with Crippen LogP contribution in [0.1, 0.15) is 21.8 Å². The summed E-state index contributed by atoms with van der Waals surface area (Å²) in [7, 11) is 0. The van der Waals surface area contributed by atoms with Crippen LogP contribution in [0.2, 0.25) is 20.1 Å². The van der Waals surface area contributed by atoms with Crippen LogP contribution in [-0.4, -0.2) is 28.2 Å². The van der Waals surface area contributed by atoms with Crippen LogP contribution in [0.25, 0.3) is 0 Å². The van der Waals surface area contributed by atoms with Gasteiger partial charge in [-0.2, -0.15) is 13.2 Å². The van der Waals surface area contributed by atoms with E-state index in [0.717, 1.165) is 17.4 Å². The molecule has 228 valence electrons. The molecule has 1 saturated carbocycles. The zero-order chi connectivity index (χ0) is 32.2. The number of hydrogen-bond donors (Lipinski definition) is 3. The van der Waals surface area contributed by atoms with Crippen molar-refractivity contribution in [2.45, 2.75) is 16.4 Å². The number of carbonyl (C=O) groups excluding carboxylic acids is 3. The number of amides is 3. The minimum absolute atomic E-state index is 0.0636. The average molecular weight is 728 g/mol. The first-order chi connectivity index (χ1) is 19.8. The molecule has 0 heterocycles. The number of hydrogen-bond acceptors (Lipinski definition) is 3. The Balaban J connectivity index is 1.56. The summed E-state index contributed by atoms with van der Waals surface area (Å²) in [5.41, 5.74) is -3.03. The van der Waals surface area contributed by atoms with Crippen molar-refractivity contribution in [1.29, 1.82) is 0 Å². The third-order valence-electron chi connectivity index (χ3n) is 6.08. The van der Waals surface area contributed by atoms with E-state index in [0.29, 0.717) is 17.7 Å². The molecule has 43 heavy (non-hydrogen) atoms. The van der Waals surface area contributed by atoms with E-state index in [2.05, 4.69) is 5.32 Å². The van der Waals surface area contributed by atoms with Crippen molar-refractivity contribution >= 4 is 104 Å². The van der Waals surface area contributed by atoms with E-state index < -0.39 is 79.5 Å². The molecule has 0 bridgehead atoms. The van der Waals surface area contributed by atoms with E-state index in [9.17, 15) is 40.7 Å². The van der Waals surface area contributed by atoms with Crippen molar-refractivity contribution in [3.05, 3.63) is 85.1 Å². The summed E-state index contributed by atoms with van der Waals surface area (Å²) in [6.45, 7) is 0. The van der Waals surface area contributed by atoms with Gasteiger partial charge in [-0.05, 0) is 42.0 Å². The minimum Gasteiger partial charge on any atom is -0.326 e. The smallest absolute Gasteiger partial charge is 0.326 e. The van der Waals surface area contributed by atoms with Gasteiger partial charge in [-0.1, -0.05) is 46.4 Å². The molecule has 0 radical (unpaired) electrons. The summed E-state index contributed by atoms with van der Waals surface area (Å²) >= 11 is 36.5. The first-order valence-electron chi connectivity index (χ1n) is 11.3. The van der Waals surface area contributed by atoms with Gasteiger partial charge >= 0.3 is 12.1 Å². The van der Waals surface area contributed by atoms with Crippen LogP contribution in [-0.2, 0) is 9.59 Å². The molecule has 1 aliphatic carbocycles. The number of halogens is 12. The van der Waals surface area contributed by atoms with Crippen molar-refractivity contribution in [3.8, 4) is 0 Å². The Hall–Kier alpha value is -2.61. The number of alkyl halides is 5. The zero-order valence-corrected chi connectivity index (χ0v) is 24.9. The van der Waals surface area contributed by atoms with Crippen molar-refractivity contribution in [3.63, 3.8) is 0 Å². The van der Waals surface area contributed by atoms with E-state index in [1.165, 1.54) is 12.1 Å². The van der Waals surface area contributed by atoms with E-state index in [4.69, 9.17) is 69.6 Å². The van der Waals surface area contributed by atoms with Crippen LogP contribution < -0.4 is 16.0 Å². The average Bonchev–Trinajstić information content (AvgIpc) is 3.49. The Morgan fingerprint density at radius 3 is 1.98 bits per heavy atom. The van der Waals surface area contributed by atoms with Gasteiger partial charge in [-0.15, -0.1) is 23.2 Å². The lowest BCUT2D eigenvalue weighted by Crippen LogP contribution is -2.31. The second-order valence-electron chi connectivity index (χ2n) is 8.93. The lowest BCUT2D eigenvalue weighted by Gasteiger charge is -2.14. The molecule has 0 saturated heterocycles. The fourth-order valence-corrected chi connectivity index (χ4v) is 5.64. The van der Waals surface area contributed by atoms with Crippen molar-refractivity contribution in [1.82, 2.24) is 0 Å². The lowest BCUT2D eigenvalue weighted by atomic mass is 10.1. The van der Waals surface area contributed by atoms with Gasteiger partial charge in [-0.25, -0.2) is 13.2 Å². The van der Waals surface area contributed by atoms with Crippen LogP contribution in [0.4, 0.5) is 43.4 Å². The molecular formula is C25H11Cl6F6N3O3. The summed E-state index contributed by atoms with van der Waals surface area (Å²) in [4.78, 5) is 37.0. The molecule has 4 rings (SSSR count). The van der Waals surface area contributed by atoms with Gasteiger partial charge in [0.05, 0.1) is 37.3 Å². The molecule has 1 unspecified atom stereocenters. The zero-order valence-electron chi connectivity index (χ0n) is 20.4. The van der Waals surface area contributed by atoms with E-state index >= 15 is 0 Å². The Morgan fingerprint density at radius 2 is 1.40 bits per heavy atom. The molecule has 3 aromatic carbocycles. The quantitative estimate of drug-likeness (QED) is 0.135. The number of benzene rings is 3. The SMILES string of the molecule is O=C(Nc1ccc(F)c(NC(=O)C(F)(F)F)c1F)c1cc(NC(=O)C2[C@H](c3cc(Cl)c(Cl)c(Cl)c3)C2(Cl)Cl)cc(F)c1Cl. The largest absolute Gasteiger partial charge is 0.471 e. The predicted molar refractivity (Wildman–Crippen MR) is 151 cm³/mol. The van der Waals surface area contributed by atoms with E-state index in [-0.39, 0.29) is 20.8 Å². The maximum absolute atomic E-state index is 14.8. The van der Waals surface area contributed by atoms with Gasteiger partial charge in [0.1, 0.15) is 21.7 Å². The molecule has 6 nitrogen and oxygen atoms in total. The summed E-state index contributed by atoms with van der Waals surface area (Å²) in [5, 5.41) is 4.67. The van der Waals surface area contributed by atoms with Crippen molar-refractivity contribution in [2.75, 3.05) is 16.0 Å². The molecule has 3 amide bonds. The number of nitrogens with one attached hydrogen (secondary N) is 3. The Labute approximate surface area is 267 Å². The monoisotopic (exact) mass is 725 g/mol. The molecule has 0 spiro atoms. The molecule has 2 atom stereocenters. The van der Waals surface area contributed by atoms with E-state index in [1.54, 1.807) is 0 Å². The summed E-state index contributed by atoms with van der Waals surface area (Å²) < 4.78 is 79.4. The highest BCUT2D eigenvalue weighted by molar-refractivity contribution is 6.54. The normalized spacial score (nSPS) is 17.3. The van der Waals surface area contributed by atoms with Crippen LogP contribution in [0, 0.1) is 23.4 Å². The first kappa shape index (κ1) is 33.3.